The fraction of sp³-hybridized carbons (Fsp3) is 0.647. The lowest BCUT2D eigenvalue weighted by Gasteiger charge is -2.23. The molecule has 0 aliphatic carbocycles. The van der Waals surface area contributed by atoms with Gasteiger partial charge < -0.3 is 14.6 Å². The molecular weight excluding hydrogens is 292 g/mol. The maximum atomic E-state index is 11.7. The normalized spacial score (nSPS) is 16.0. The van der Waals surface area contributed by atoms with E-state index in [4.69, 9.17) is 4.74 Å². The van der Waals surface area contributed by atoms with E-state index in [2.05, 4.69) is 38.7 Å². The van der Waals surface area contributed by atoms with Crippen molar-refractivity contribution in [1.29, 1.82) is 0 Å². The standard InChI is InChI=1S/C17H26N4O2/c1-13(19-16(22)23-17(2,3)4)7-6-8-14-11-18-15-12-20(5)9-10-21(14)15/h11,13H,7,9-10,12H2,1-5H3,(H,19,22)/t13-/m0/s1. The second-order valence-corrected chi connectivity index (χ2v) is 7.00. The Bertz CT molecular complexity index is 619. The van der Waals surface area contributed by atoms with Crippen molar-refractivity contribution in [3.63, 3.8) is 0 Å². The molecule has 0 radical (unpaired) electrons. The van der Waals surface area contributed by atoms with E-state index < -0.39 is 11.7 Å². The quantitative estimate of drug-likeness (QED) is 0.847. The number of fused-ring (bicyclic) bond motifs is 1. The van der Waals surface area contributed by atoms with Crippen LogP contribution in [-0.4, -0.2) is 45.8 Å². The van der Waals surface area contributed by atoms with Gasteiger partial charge >= 0.3 is 6.09 Å². The Morgan fingerprint density at radius 1 is 1.48 bits per heavy atom. The van der Waals surface area contributed by atoms with E-state index in [9.17, 15) is 4.79 Å². The number of aromatic nitrogens is 2. The molecule has 0 bridgehead atoms. The summed E-state index contributed by atoms with van der Waals surface area (Å²) in [5.41, 5.74) is 0.455. The van der Waals surface area contributed by atoms with Gasteiger partial charge in [-0.05, 0) is 40.7 Å². The third kappa shape index (κ3) is 5.29. The van der Waals surface area contributed by atoms with Crippen LogP contribution in [0.5, 0.6) is 0 Å². The van der Waals surface area contributed by atoms with Crippen LogP contribution in [0.4, 0.5) is 4.79 Å². The van der Waals surface area contributed by atoms with Crippen molar-refractivity contribution >= 4 is 6.09 Å². The predicted octanol–water partition coefficient (Wildman–Crippen LogP) is 1.98. The van der Waals surface area contributed by atoms with Crippen molar-refractivity contribution in [3.05, 3.63) is 17.7 Å². The summed E-state index contributed by atoms with van der Waals surface area (Å²) in [6, 6.07) is -0.0627. The first-order valence-corrected chi connectivity index (χ1v) is 7.96. The average molecular weight is 318 g/mol. The molecule has 6 heteroatoms. The molecule has 1 aliphatic heterocycles. The van der Waals surface area contributed by atoms with Gasteiger partial charge in [0.05, 0.1) is 12.7 Å². The molecule has 1 aliphatic rings. The molecule has 1 atom stereocenters. The Morgan fingerprint density at radius 3 is 2.91 bits per heavy atom. The predicted molar refractivity (Wildman–Crippen MR) is 88.9 cm³/mol. The molecule has 0 fully saturated rings. The van der Waals surface area contributed by atoms with E-state index in [0.29, 0.717) is 6.42 Å². The van der Waals surface area contributed by atoms with Gasteiger partial charge in [0.25, 0.3) is 0 Å². The Balaban J connectivity index is 1.87. The van der Waals surface area contributed by atoms with E-state index in [1.54, 1.807) is 0 Å². The number of likely N-dealkylation sites (N-methyl/N-ethyl adjacent to an activating group) is 1. The van der Waals surface area contributed by atoms with Crippen LogP contribution in [0.1, 0.15) is 45.6 Å². The summed E-state index contributed by atoms with van der Waals surface area (Å²) >= 11 is 0. The number of amides is 1. The van der Waals surface area contributed by atoms with Gasteiger partial charge in [0.2, 0.25) is 0 Å². The Hall–Kier alpha value is -2.00. The lowest BCUT2D eigenvalue weighted by Crippen LogP contribution is -2.37. The third-order valence-electron chi connectivity index (χ3n) is 3.44. The molecule has 2 heterocycles. The van der Waals surface area contributed by atoms with Crippen LogP contribution in [-0.2, 0) is 17.8 Å². The number of imidazole rings is 1. The molecule has 6 nitrogen and oxygen atoms in total. The van der Waals surface area contributed by atoms with E-state index in [-0.39, 0.29) is 6.04 Å². The van der Waals surface area contributed by atoms with Gasteiger partial charge in [0.15, 0.2) is 0 Å². The molecule has 1 amide bonds. The first kappa shape index (κ1) is 17.4. The minimum absolute atomic E-state index is 0.0627. The molecule has 1 N–H and O–H groups in total. The fourth-order valence-electron chi connectivity index (χ4n) is 2.34. The van der Waals surface area contributed by atoms with Crippen molar-refractivity contribution in [2.45, 2.75) is 58.8 Å². The summed E-state index contributed by atoms with van der Waals surface area (Å²) in [6.07, 6.45) is 1.99. The first-order valence-electron chi connectivity index (χ1n) is 7.96. The number of nitrogens with one attached hydrogen (secondary N) is 1. The van der Waals surface area contributed by atoms with Crippen LogP contribution in [0.15, 0.2) is 6.20 Å². The smallest absolute Gasteiger partial charge is 0.407 e. The van der Waals surface area contributed by atoms with Crippen molar-refractivity contribution in [2.75, 3.05) is 13.6 Å². The van der Waals surface area contributed by atoms with Gasteiger partial charge in [-0.25, -0.2) is 9.78 Å². The van der Waals surface area contributed by atoms with Gasteiger partial charge in [0.1, 0.15) is 17.1 Å². The SMILES string of the molecule is C[C@@H](CC#Cc1cnc2n1CCN(C)C2)NC(=O)OC(C)(C)C. The molecule has 23 heavy (non-hydrogen) atoms. The number of ether oxygens (including phenoxy) is 1. The molecule has 0 saturated heterocycles. The minimum atomic E-state index is -0.487. The van der Waals surface area contributed by atoms with Gasteiger partial charge in [0, 0.05) is 25.6 Å². The molecule has 0 unspecified atom stereocenters. The Morgan fingerprint density at radius 2 is 2.22 bits per heavy atom. The second-order valence-electron chi connectivity index (χ2n) is 7.00. The topological polar surface area (TPSA) is 59.4 Å². The maximum Gasteiger partial charge on any atom is 0.407 e. The van der Waals surface area contributed by atoms with E-state index in [1.807, 2.05) is 33.9 Å². The molecule has 126 valence electrons. The molecule has 1 aromatic heterocycles. The van der Waals surface area contributed by atoms with E-state index >= 15 is 0 Å². The molecule has 2 rings (SSSR count). The van der Waals surface area contributed by atoms with Crippen molar-refractivity contribution in [2.24, 2.45) is 0 Å². The number of hydrogen-bond donors (Lipinski definition) is 1. The van der Waals surface area contributed by atoms with Gasteiger partial charge in [-0.3, -0.25) is 4.90 Å². The highest BCUT2D eigenvalue weighted by Crippen LogP contribution is 2.12. The fourth-order valence-corrected chi connectivity index (χ4v) is 2.34. The van der Waals surface area contributed by atoms with Crippen LogP contribution < -0.4 is 5.32 Å². The van der Waals surface area contributed by atoms with Crippen molar-refractivity contribution in [1.82, 2.24) is 19.8 Å². The number of alkyl carbamates (subject to hydrolysis) is 1. The zero-order valence-corrected chi connectivity index (χ0v) is 14.6. The monoisotopic (exact) mass is 318 g/mol. The Labute approximate surface area is 138 Å². The third-order valence-corrected chi connectivity index (χ3v) is 3.44. The summed E-state index contributed by atoms with van der Waals surface area (Å²) < 4.78 is 7.39. The van der Waals surface area contributed by atoms with Crippen LogP contribution in [0.3, 0.4) is 0 Å². The number of carbonyl (C=O) groups is 1. The summed E-state index contributed by atoms with van der Waals surface area (Å²) in [7, 11) is 2.09. The Kier molecular flexibility index (Phi) is 5.32. The van der Waals surface area contributed by atoms with Gasteiger partial charge in [-0.1, -0.05) is 5.92 Å². The lowest BCUT2D eigenvalue weighted by atomic mass is 10.2. The molecule has 0 spiro atoms. The minimum Gasteiger partial charge on any atom is -0.444 e. The second kappa shape index (κ2) is 7.05. The highest BCUT2D eigenvalue weighted by atomic mass is 16.6. The van der Waals surface area contributed by atoms with E-state index in [1.165, 1.54) is 0 Å². The van der Waals surface area contributed by atoms with E-state index in [0.717, 1.165) is 31.2 Å². The number of hydrogen-bond acceptors (Lipinski definition) is 4. The summed E-state index contributed by atoms with van der Waals surface area (Å²) in [6.45, 7) is 10.2. The highest BCUT2D eigenvalue weighted by molar-refractivity contribution is 5.68. The summed E-state index contributed by atoms with van der Waals surface area (Å²) in [4.78, 5) is 18.3. The summed E-state index contributed by atoms with van der Waals surface area (Å²) in [5.74, 6) is 7.34. The molecular formula is C17H26N4O2. The maximum absolute atomic E-state index is 11.7. The molecule has 0 saturated carbocycles. The van der Waals surface area contributed by atoms with Crippen LogP contribution in [0, 0.1) is 11.8 Å². The average Bonchev–Trinajstić information content (AvgIpc) is 2.78. The first-order chi connectivity index (χ1) is 10.7. The number of nitrogens with zero attached hydrogens (tertiary/aromatic N) is 3. The molecule has 1 aromatic rings. The summed E-state index contributed by atoms with van der Waals surface area (Å²) in [5, 5.41) is 2.79. The van der Waals surface area contributed by atoms with Crippen LogP contribution in [0.2, 0.25) is 0 Å². The lowest BCUT2D eigenvalue weighted by molar-refractivity contribution is 0.0509. The van der Waals surface area contributed by atoms with Gasteiger partial charge in [-0.15, -0.1) is 0 Å². The number of carbonyl (C=O) groups excluding carboxylic acids is 1. The zero-order valence-electron chi connectivity index (χ0n) is 14.6. The highest BCUT2D eigenvalue weighted by Gasteiger charge is 2.18. The van der Waals surface area contributed by atoms with Gasteiger partial charge in [-0.2, -0.15) is 0 Å². The van der Waals surface area contributed by atoms with Crippen LogP contribution >= 0.6 is 0 Å². The molecule has 0 aromatic carbocycles. The zero-order chi connectivity index (χ0) is 17.0. The largest absolute Gasteiger partial charge is 0.444 e. The van der Waals surface area contributed by atoms with Crippen molar-refractivity contribution < 1.29 is 9.53 Å². The number of rotatable bonds is 2. The van der Waals surface area contributed by atoms with Crippen molar-refractivity contribution in [3.8, 4) is 11.8 Å². The van der Waals surface area contributed by atoms with Crippen LogP contribution in [0.25, 0.3) is 0 Å².